The SMILES string of the molecule is CCOC(=O)c1cc(C(F)F)c(Cl)nc1CCl. The van der Waals surface area contributed by atoms with Crippen LogP contribution < -0.4 is 0 Å². The Morgan fingerprint density at radius 1 is 1.59 bits per heavy atom. The molecule has 0 unspecified atom stereocenters. The van der Waals surface area contributed by atoms with Gasteiger partial charge in [-0.2, -0.15) is 0 Å². The van der Waals surface area contributed by atoms with E-state index in [-0.39, 0.29) is 28.9 Å². The number of halogens is 4. The van der Waals surface area contributed by atoms with Crippen LogP contribution in [0.3, 0.4) is 0 Å². The Hall–Kier alpha value is -0.940. The van der Waals surface area contributed by atoms with Crippen molar-refractivity contribution in [2.45, 2.75) is 19.2 Å². The first-order valence-electron chi connectivity index (χ1n) is 4.71. The van der Waals surface area contributed by atoms with Gasteiger partial charge in [-0.05, 0) is 13.0 Å². The number of rotatable bonds is 4. The molecule has 94 valence electrons. The number of esters is 1. The molecule has 0 fully saturated rings. The van der Waals surface area contributed by atoms with E-state index >= 15 is 0 Å². The van der Waals surface area contributed by atoms with Gasteiger partial charge in [0.05, 0.1) is 29.3 Å². The first kappa shape index (κ1) is 14.1. The maximum atomic E-state index is 12.6. The van der Waals surface area contributed by atoms with E-state index in [0.717, 1.165) is 6.07 Å². The van der Waals surface area contributed by atoms with E-state index in [4.69, 9.17) is 27.9 Å². The van der Waals surface area contributed by atoms with Gasteiger partial charge in [-0.15, -0.1) is 11.6 Å². The van der Waals surface area contributed by atoms with Crippen LogP contribution in [0.2, 0.25) is 5.15 Å². The largest absolute Gasteiger partial charge is 0.462 e. The molecule has 0 spiro atoms. The van der Waals surface area contributed by atoms with E-state index in [1.54, 1.807) is 6.92 Å². The zero-order valence-corrected chi connectivity index (χ0v) is 10.4. The topological polar surface area (TPSA) is 39.2 Å². The van der Waals surface area contributed by atoms with Crippen molar-refractivity contribution in [1.82, 2.24) is 4.98 Å². The normalized spacial score (nSPS) is 10.7. The number of alkyl halides is 3. The van der Waals surface area contributed by atoms with Crippen LogP contribution in [-0.2, 0) is 10.6 Å². The van der Waals surface area contributed by atoms with E-state index in [0.29, 0.717) is 0 Å². The molecule has 1 heterocycles. The fraction of sp³-hybridized carbons (Fsp3) is 0.400. The van der Waals surface area contributed by atoms with Gasteiger partial charge in [0, 0.05) is 0 Å². The van der Waals surface area contributed by atoms with Crippen molar-refractivity contribution >= 4 is 29.2 Å². The minimum Gasteiger partial charge on any atom is -0.462 e. The monoisotopic (exact) mass is 283 g/mol. The molecule has 0 aliphatic carbocycles. The minimum atomic E-state index is -2.81. The molecular weight excluding hydrogens is 275 g/mol. The summed E-state index contributed by atoms with van der Waals surface area (Å²) in [6.45, 7) is 1.74. The van der Waals surface area contributed by atoms with E-state index < -0.39 is 18.0 Å². The van der Waals surface area contributed by atoms with Gasteiger partial charge < -0.3 is 4.74 Å². The Morgan fingerprint density at radius 2 is 2.24 bits per heavy atom. The molecule has 0 radical (unpaired) electrons. The summed E-state index contributed by atoms with van der Waals surface area (Å²) >= 11 is 11.1. The van der Waals surface area contributed by atoms with E-state index in [1.807, 2.05) is 0 Å². The number of carbonyl (C=O) groups is 1. The molecule has 17 heavy (non-hydrogen) atoms. The molecule has 7 heteroatoms. The molecule has 0 aliphatic rings. The van der Waals surface area contributed by atoms with Crippen molar-refractivity contribution < 1.29 is 18.3 Å². The quantitative estimate of drug-likeness (QED) is 0.482. The van der Waals surface area contributed by atoms with Crippen LogP contribution in [0.4, 0.5) is 8.78 Å². The summed E-state index contributed by atoms with van der Waals surface area (Å²) in [4.78, 5) is 15.2. The van der Waals surface area contributed by atoms with E-state index in [1.165, 1.54) is 0 Å². The number of carbonyl (C=O) groups excluding carboxylic acids is 1. The standard InChI is InChI=1S/C10H9Cl2F2NO2/c1-2-17-10(16)5-3-6(9(13)14)8(12)15-7(5)4-11/h3,9H,2,4H2,1H3. The second kappa shape index (κ2) is 6.12. The molecule has 0 aliphatic heterocycles. The average Bonchev–Trinajstić information content (AvgIpc) is 2.28. The van der Waals surface area contributed by atoms with Crippen molar-refractivity contribution in [3.63, 3.8) is 0 Å². The van der Waals surface area contributed by atoms with Crippen LogP contribution in [-0.4, -0.2) is 17.6 Å². The van der Waals surface area contributed by atoms with Gasteiger partial charge in [0.2, 0.25) is 0 Å². The summed E-state index contributed by atoms with van der Waals surface area (Å²) in [7, 11) is 0. The Labute approximate surface area is 107 Å². The van der Waals surface area contributed by atoms with Gasteiger partial charge in [0.15, 0.2) is 0 Å². The third kappa shape index (κ3) is 3.26. The molecule has 0 aromatic carbocycles. The van der Waals surface area contributed by atoms with Crippen LogP contribution in [0.5, 0.6) is 0 Å². The summed E-state index contributed by atoms with van der Waals surface area (Å²) < 4.78 is 29.9. The van der Waals surface area contributed by atoms with Gasteiger partial charge in [-0.1, -0.05) is 11.6 Å². The summed E-state index contributed by atoms with van der Waals surface area (Å²) in [5.41, 5.74) is -0.468. The number of aromatic nitrogens is 1. The lowest BCUT2D eigenvalue weighted by atomic mass is 10.1. The first-order chi connectivity index (χ1) is 8.01. The third-order valence-electron chi connectivity index (χ3n) is 1.94. The number of pyridine rings is 1. The van der Waals surface area contributed by atoms with Crippen LogP contribution in [0.1, 0.15) is 35.0 Å². The second-order valence-electron chi connectivity index (χ2n) is 3.02. The van der Waals surface area contributed by atoms with Gasteiger partial charge in [0.25, 0.3) is 6.43 Å². The molecule has 3 nitrogen and oxygen atoms in total. The summed E-state index contributed by atoms with van der Waals surface area (Å²) in [5, 5.41) is -0.358. The molecule has 0 bridgehead atoms. The highest BCUT2D eigenvalue weighted by Gasteiger charge is 2.21. The molecule has 1 aromatic heterocycles. The summed E-state index contributed by atoms with van der Waals surface area (Å²) in [5.74, 6) is -0.855. The van der Waals surface area contributed by atoms with Crippen molar-refractivity contribution in [1.29, 1.82) is 0 Å². The molecule has 0 saturated carbocycles. The molecular formula is C10H9Cl2F2NO2. The van der Waals surface area contributed by atoms with E-state index in [2.05, 4.69) is 4.98 Å². The lowest BCUT2D eigenvalue weighted by molar-refractivity contribution is 0.0524. The van der Waals surface area contributed by atoms with Crippen molar-refractivity contribution in [2.24, 2.45) is 0 Å². The van der Waals surface area contributed by atoms with Gasteiger partial charge in [-0.3, -0.25) is 0 Å². The zero-order valence-electron chi connectivity index (χ0n) is 8.84. The first-order valence-corrected chi connectivity index (χ1v) is 5.63. The Bertz CT molecular complexity index is 427. The summed E-state index contributed by atoms with van der Waals surface area (Å²) in [6, 6.07) is 0.968. The minimum absolute atomic E-state index is 0.0819. The smallest absolute Gasteiger partial charge is 0.340 e. The Morgan fingerprint density at radius 3 is 2.71 bits per heavy atom. The average molecular weight is 284 g/mol. The second-order valence-corrected chi connectivity index (χ2v) is 3.64. The fourth-order valence-corrected chi connectivity index (χ4v) is 1.62. The maximum Gasteiger partial charge on any atom is 0.340 e. The lowest BCUT2D eigenvalue weighted by Gasteiger charge is -2.09. The van der Waals surface area contributed by atoms with Crippen LogP contribution in [0.25, 0.3) is 0 Å². The molecule has 1 aromatic rings. The molecule has 0 atom stereocenters. The molecule has 0 saturated heterocycles. The fourth-order valence-electron chi connectivity index (χ4n) is 1.18. The summed E-state index contributed by atoms with van der Waals surface area (Å²) in [6.07, 6.45) is -2.81. The lowest BCUT2D eigenvalue weighted by Crippen LogP contribution is -2.10. The molecule has 0 N–H and O–H groups in total. The van der Waals surface area contributed by atoms with Gasteiger partial charge in [-0.25, -0.2) is 18.6 Å². The third-order valence-corrected chi connectivity index (χ3v) is 2.49. The number of nitrogens with zero attached hydrogens (tertiary/aromatic N) is 1. The maximum absolute atomic E-state index is 12.6. The van der Waals surface area contributed by atoms with Crippen molar-refractivity contribution in [2.75, 3.05) is 6.61 Å². The van der Waals surface area contributed by atoms with Crippen LogP contribution >= 0.6 is 23.2 Å². The molecule has 1 rings (SSSR count). The van der Waals surface area contributed by atoms with Crippen LogP contribution in [0.15, 0.2) is 6.07 Å². The van der Waals surface area contributed by atoms with Gasteiger partial charge in [0.1, 0.15) is 5.15 Å². The highest BCUT2D eigenvalue weighted by Crippen LogP contribution is 2.28. The number of ether oxygens (including phenoxy) is 1. The predicted molar refractivity (Wildman–Crippen MR) is 59.7 cm³/mol. The predicted octanol–water partition coefficient (Wildman–Crippen LogP) is 3.59. The zero-order chi connectivity index (χ0) is 13.0. The number of hydrogen-bond acceptors (Lipinski definition) is 3. The van der Waals surface area contributed by atoms with E-state index in [9.17, 15) is 13.6 Å². The van der Waals surface area contributed by atoms with Crippen LogP contribution in [0, 0.1) is 0 Å². The van der Waals surface area contributed by atoms with Crippen molar-refractivity contribution in [3.05, 3.63) is 28.0 Å². The van der Waals surface area contributed by atoms with Crippen molar-refractivity contribution in [3.8, 4) is 0 Å². The highest BCUT2D eigenvalue weighted by molar-refractivity contribution is 6.30. The Balaban J connectivity index is 3.26. The highest BCUT2D eigenvalue weighted by atomic mass is 35.5. The van der Waals surface area contributed by atoms with Gasteiger partial charge >= 0.3 is 5.97 Å². The number of hydrogen-bond donors (Lipinski definition) is 0. The Kier molecular flexibility index (Phi) is 5.08. The molecule has 0 amide bonds.